The van der Waals surface area contributed by atoms with Gasteiger partial charge in [-0.3, -0.25) is 10.1 Å². The Morgan fingerprint density at radius 2 is 1.96 bits per heavy atom. The Bertz CT molecular complexity index is 789. The smallest absolute Gasteiger partial charge is 0.322 e. The zero-order valence-corrected chi connectivity index (χ0v) is 12.7. The molecule has 122 valence electrons. The van der Waals surface area contributed by atoms with Crippen LogP contribution in [0.2, 0.25) is 0 Å². The van der Waals surface area contributed by atoms with E-state index in [2.05, 4.69) is 25.9 Å². The van der Waals surface area contributed by atoms with E-state index in [9.17, 15) is 9.59 Å². The number of benzene rings is 1. The first-order chi connectivity index (χ1) is 11.6. The zero-order valence-electron chi connectivity index (χ0n) is 12.7. The predicted molar refractivity (Wildman–Crippen MR) is 84.6 cm³/mol. The van der Waals surface area contributed by atoms with Gasteiger partial charge in [0.15, 0.2) is 0 Å². The van der Waals surface area contributed by atoms with Crippen molar-refractivity contribution >= 4 is 17.9 Å². The van der Waals surface area contributed by atoms with Crippen LogP contribution in [0.3, 0.4) is 0 Å². The average molecular weight is 325 g/mol. The molecule has 8 heteroatoms. The second-order valence-electron chi connectivity index (χ2n) is 5.87. The second-order valence-corrected chi connectivity index (χ2v) is 5.87. The van der Waals surface area contributed by atoms with E-state index in [1.165, 1.54) is 0 Å². The summed E-state index contributed by atoms with van der Waals surface area (Å²) in [5.41, 5.74) is -0.785. The van der Waals surface area contributed by atoms with Gasteiger partial charge in [0, 0.05) is 18.3 Å². The molecule has 4 rings (SSSR count). The number of hydrogen-bond donors (Lipinski definition) is 3. The fourth-order valence-corrected chi connectivity index (χ4v) is 2.96. The third-order valence-electron chi connectivity index (χ3n) is 4.13. The average Bonchev–Trinajstić information content (AvgIpc) is 2.83. The Kier molecular flexibility index (Phi) is 3.30. The van der Waals surface area contributed by atoms with Gasteiger partial charge in [-0.15, -0.1) is 0 Å². The maximum absolute atomic E-state index is 11.8. The number of aromatic nitrogens is 2. The Labute approximate surface area is 137 Å². The van der Waals surface area contributed by atoms with Gasteiger partial charge in [-0.1, -0.05) is 18.2 Å². The number of hydrogen-bond acceptors (Lipinski definition) is 6. The Morgan fingerprint density at radius 3 is 2.67 bits per heavy atom. The van der Waals surface area contributed by atoms with Crippen LogP contribution in [-0.2, 0) is 4.79 Å². The molecule has 0 atom stereocenters. The minimum Gasteiger partial charge on any atom is -0.439 e. The van der Waals surface area contributed by atoms with Crippen LogP contribution in [-0.4, -0.2) is 33.5 Å². The van der Waals surface area contributed by atoms with Crippen LogP contribution in [0.5, 0.6) is 11.6 Å². The topological polar surface area (TPSA) is 105 Å². The minimum atomic E-state index is -0.785. The van der Waals surface area contributed by atoms with Crippen LogP contribution in [0, 0.1) is 0 Å². The summed E-state index contributed by atoms with van der Waals surface area (Å²) in [4.78, 5) is 31.5. The van der Waals surface area contributed by atoms with E-state index < -0.39 is 11.6 Å². The van der Waals surface area contributed by atoms with Crippen LogP contribution in [0.1, 0.15) is 12.8 Å². The minimum absolute atomic E-state index is 0.0149. The number of para-hydroxylation sites is 1. The van der Waals surface area contributed by atoms with Crippen LogP contribution in [0.25, 0.3) is 0 Å². The summed E-state index contributed by atoms with van der Waals surface area (Å²) in [6.07, 6.45) is 2.60. The number of nitrogens with one attached hydrogen (secondary N) is 3. The molecule has 2 heterocycles. The monoisotopic (exact) mass is 325 g/mol. The van der Waals surface area contributed by atoms with E-state index in [4.69, 9.17) is 4.74 Å². The van der Waals surface area contributed by atoms with Gasteiger partial charge < -0.3 is 15.4 Å². The molecule has 1 aromatic heterocycles. The summed E-state index contributed by atoms with van der Waals surface area (Å²) in [6.45, 7) is 0. The SMILES string of the molecule is O=C1NC(=O)C2(CC(Nc3nccc(Oc4ccccc4)n3)C2)N1. The van der Waals surface area contributed by atoms with Crippen LogP contribution in [0.15, 0.2) is 42.6 Å². The lowest BCUT2D eigenvalue weighted by Gasteiger charge is -2.42. The molecule has 2 aromatic rings. The van der Waals surface area contributed by atoms with Crippen molar-refractivity contribution in [3.63, 3.8) is 0 Å². The van der Waals surface area contributed by atoms with Crippen molar-refractivity contribution < 1.29 is 14.3 Å². The van der Waals surface area contributed by atoms with Gasteiger partial charge in [0.1, 0.15) is 11.3 Å². The molecule has 1 saturated carbocycles. The third-order valence-corrected chi connectivity index (χ3v) is 4.13. The highest BCUT2D eigenvalue weighted by atomic mass is 16.5. The molecule has 2 fully saturated rings. The summed E-state index contributed by atoms with van der Waals surface area (Å²) < 4.78 is 5.66. The number of carbonyl (C=O) groups is 2. The maximum atomic E-state index is 11.8. The highest BCUT2D eigenvalue weighted by molar-refractivity contribution is 6.07. The number of amides is 3. The summed E-state index contributed by atoms with van der Waals surface area (Å²) >= 11 is 0. The second kappa shape index (κ2) is 5.48. The van der Waals surface area contributed by atoms with E-state index in [-0.39, 0.29) is 11.9 Å². The van der Waals surface area contributed by atoms with Gasteiger partial charge in [0.25, 0.3) is 5.91 Å². The van der Waals surface area contributed by atoms with Crippen molar-refractivity contribution in [2.24, 2.45) is 0 Å². The zero-order chi connectivity index (χ0) is 16.6. The lowest BCUT2D eigenvalue weighted by molar-refractivity contribution is -0.127. The highest BCUT2D eigenvalue weighted by Crippen LogP contribution is 2.36. The molecule has 1 aliphatic carbocycles. The molecule has 1 aliphatic heterocycles. The van der Waals surface area contributed by atoms with Crippen molar-refractivity contribution in [2.75, 3.05) is 5.32 Å². The molecule has 24 heavy (non-hydrogen) atoms. The lowest BCUT2D eigenvalue weighted by atomic mass is 9.72. The summed E-state index contributed by atoms with van der Waals surface area (Å²) in [5, 5.41) is 8.09. The quantitative estimate of drug-likeness (QED) is 0.734. The van der Waals surface area contributed by atoms with Crippen molar-refractivity contribution in [3.05, 3.63) is 42.6 Å². The van der Waals surface area contributed by atoms with Gasteiger partial charge >= 0.3 is 6.03 Å². The number of imide groups is 1. The molecule has 0 radical (unpaired) electrons. The number of ether oxygens (including phenoxy) is 1. The summed E-state index contributed by atoms with van der Waals surface area (Å²) in [5.74, 6) is 1.27. The lowest BCUT2D eigenvalue weighted by Crippen LogP contribution is -2.61. The van der Waals surface area contributed by atoms with E-state index in [0.29, 0.717) is 30.4 Å². The molecule has 2 aliphatic rings. The van der Waals surface area contributed by atoms with Crippen LogP contribution < -0.4 is 20.7 Å². The van der Waals surface area contributed by atoms with Crippen molar-refractivity contribution in [1.82, 2.24) is 20.6 Å². The first-order valence-corrected chi connectivity index (χ1v) is 7.59. The summed E-state index contributed by atoms with van der Waals surface area (Å²) in [6, 6.07) is 10.6. The standard InChI is InChI=1S/C16H15N5O3/c22-13-16(21-15(23)20-13)8-10(9-16)18-14-17-7-6-12(19-14)24-11-4-2-1-3-5-11/h1-7,10H,8-9H2,(H,17,18,19)(H2,20,21,22,23). The number of urea groups is 1. The van der Waals surface area contributed by atoms with E-state index in [0.717, 1.165) is 0 Å². The molecule has 1 saturated heterocycles. The van der Waals surface area contributed by atoms with Crippen molar-refractivity contribution in [1.29, 1.82) is 0 Å². The first-order valence-electron chi connectivity index (χ1n) is 7.59. The van der Waals surface area contributed by atoms with Gasteiger partial charge in [-0.2, -0.15) is 4.98 Å². The van der Waals surface area contributed by atoms with Gasteiger partial charge in [0.05, 0.1) is 0 Å². The van der Waals surface area contributed by atoms with E-state index in [1.54, 1.807) is 12.3 Å². The normalized spacial score (nSPS) is 24.9. The molecular weight excluding hydrogens is 310 g/mol. The van der Waals surface area contributed by atoms with E-state index in [1.807, 2.05) is 30.3 Å². The maximum Gasteiger partial charge on any atom is 0.322 e. The van der Waals surface area contributed by atoms with Gasteiger partial charge in [-0.25, -0.2) is 9.78 Å². The highest BCUT2D eigenvalue weighted by Gasteiger charge is 2.55. The number of anilines is 1. The third kappa shape index (κ3) is 2.62. The molecule has 0 bridgehead atoms. The Hall–Kier alpha value is -3.16. The predicted octanol–water partition coefficient (Wildman–Crippen LogP) is 1.42. The fraction of sp³-hybridized carbons (Fsp3) is 0.250. The molecular formula is C16H15N5O3. The Morgan fingerprint density at radius 1 is 1.17 bits per heavy atom. The van der Waals surface area contributed by atoms with Crippen LogP contribution >= 0.6 is 0 Å². The first kappa shape index (κ1) is 14.4. The molecule has 8 nitrogen and oxygen atoms in total. The van der Waals surface area contributed by atoms with Crippen LogP contribution in [0.4, 0.5) is 10.7 Å². The van der Waals surface area contributed by atoms with Crippen molar-refractivity contribution in [2.45, 2.75) is 24.4 Å². The van der Waals surface area contributed by atoms with Gasteiger partial charge in [0.2, 0.25) is 11.8 Å². The Balaban J connectivity index is 1.39. The number of carbonyl (C=O) groups excluding carboxylic acids is 2. The number of nitrogens with zero attached hydrogens (tertiary/aromatic N) is 2. The summed E-state index contributed by atoms with van der Waals surface area (Å²) in [7, 11) is 0. The van der Waals surface area contributed by atoms with Gasteiger partial charge in [-0.05, 0) is 25.0 Å². The molecule has 3 amide bonds. The van der Waals surface area contributed by atoms with Crippen molar-refractivity contribution in [3.8, 4) is 11.6 Å². The van der Waals surface area contributed by atoms with E-state index >= 15 is 0 Å². The number of rotatable bonds is 4. The fourth-order valence-electron chi connectivity index (χ4n) is 2.96. The largest absolute Gasteiger partial charge is 0.439 e. The molecule has 3 N–H and O–H groups in total. The molecule has 1 spiro atoms. The molecule has 1 aromatic carbocycles. The molecule has 0 unspecified atom stereocenters.